The molecule has 0 aliphatic heterocycles. The number of hydrogen-bond donors (Lipinski definition) is 2. The second-order valence-corrected chi connectivity index (χ2v) is 4.27. The molecule has 3 nitrogen and oxygen atoms in total. The van der Waals surface area contributed by atoms with Gasteiger partial charge in [-0.2, -0.15) is 0 Å². The zero-order chi connectivity index (χ0) is 12.1. The fourth-order valence-corrected chi connectivity index (χ4v) is 1.79. The number of hydrogen-bond acceptors (Lipinski definition) is 3. The Kier molecular flexibility index (Phi) is 5.06. The van der Waals surface area contributed by atoms with Crippen LogP contribution in [0.1, 0.15) is 25.5 Å². The molecular weight excluding hydrogens is 226 g/mol. The van der Waals surface area contributed by atoms with Crippen LogP contribution in [0.4, 0.5) is 0 Å². The van der Waals surface area contributed by atoms with Gasteiger partial charge in [0.15, 0.2) is 0 Å². The summed E-state index contributed by atoms with van der Waals surface area (Å²) in [5, 5.41) is 12.8. The molecule has 0 aliphatic rings. The number of methoxy groups -OCH3 is 1. The van der Waals surface area contributed by atoms with Crippen LogP contribution in [0.25, 0.3) is 0 Å². The molecule has 0 fully saturated rings. The molecular formula is C12H18ClNO2. The van der Waals surface area contributed by atoms with Gasteiger partial charge in [0.25, 0.3) is 0 Å². The molecule has 90 valence electrons. The summed E-state index contributed by atoms with van der Waals surface area (Å²) in [5.41, 5.74) is 1.08. The van der Waals surface area contributed by atoms with Crippen molar-refractivity contribution in [3.05, 3.63) is 28.8 Å². The van der Waals surface area contributed by atoms with E-state index in [1.807, 2.05) is 32.0 Å². The number of ether oxygens (including phenoxy) is 1. The van der Waals surface area contributed by atoms with Gasteiger partial charge in [0.2, 0.25) is 0 Å². The highest BCUT2D eigenvalue weighted by atomic mass is 35.5. The first-order valence-corrected chi connectivity index (χ1v) is 5.66. The number of benzene rings is 1. The molecule has 0 aliphatic carbocycles. The van der Waals surface area contributed by atoms with E-state index in [4.69, 9.17) is 21.4 Å². The summed E-state index contributed by atoms with van der Waals surface area (Å²) in [5.74, 6) is 0.674. The fraction of sp³-hybridized carbons (Fsp3) is 0.500. The average molecular weight is 244 g/mol. The zero-order valence-electron chi connectivity index (χ0n) is 9.83. The Morgan fingerprint density at radius 1 is 1.44 bits per heavy atom. The van der Waals surface area contributed by atoms with E-state index in [-0.39, 0.29) is 18.7 Å². The largest absolute Gasteiger partial charge is 0.495 e. The third-order valence-corrected chi connectivity index (χ3v) is 2.78. The van der Waals surface area contributed by atoms with Crippen LogP contribution in [0.15, 0.2) is 18.2 Å². The Morgan fingerprint density at radius 2 is 2.12 bits per heavy atom. The van der Waals surface area contributed by atoms with Crippen molar-refractivity contribution in [1.29, 1.82) is 0 Å². The summed E-state index contributed by atoms with van der Waals surface area (Å²) in [7, 11) is 1.59. The summed E-state index contributed by atoms with van der Waals surface area (Å²) in [6.07, 6.45) is 0. The molecule has 0 aromatic heterocycles. The van der Waals surface area contributed by atoms with Gasteiger partial charge < -0.3 is 15.2 Å². The number of aliphatic hydroxyl groups excluding tert-OH is 1. The normalized spacial score (nSPS) is 14.6. The molecule has 2 atom stereocenters. The van der Waals surface area contributed by atoms with Crippen LogP contribution in [0.5, 0.6) is 5.75 Å². The Morgan fingerprint density at radius 3 is 2.62 bits per heavy atom. The summed E-state index contributed by atoms with van der Waals surface area (Å²) in [4.78, 5) is 0. The molecule has 0 radical (unpaired) electrons. The molecule has 1 aromatic rings. The lowest BCUT2D eigenvalue weighted by atomic mass is 10.1. The Hall–Kier alpha value is -0.770. The third kappa shape index (κ3) is 3.37. The molecule has 0 saturated carbocycles. The summed E-state index contributed by atoms with van der Waals surface area (Å²) in [6, 6.07) is 5.90. The molecule has 4 heteroatoms. The maximum absolute atomic E-state index is 8.96. The molecule has 2 N–H and O–H groups in total. The minimum absolute atomic E-state index is 0.0656. The third-order valence-electron chi connectivity index (χ3n) is 2.48. The van der Waals surface area contributed by atoms with Crippen LogP contribution in [-0.4, -0.2) is 24.9 Å². The van der Waals surface area contributed by atoms with E-state index in [2.05, 4.69) is 5.32 Å². The Labute approximate surface area is 101 Å². The minimum Gasteiger partial charge on any atom is -0.495 e. The van der Waals surface area contributed by atoms with Crippen molar-refractivity contribution in [1.82, 2.24) is 5.32 Å². The number of rotatable bonds is 5. The molecule has 1 rings (SSSR count). The second kappa shape index (κ2) is 6.09. The highest BCUT2D eigenvalue weighted by Gasteiger charge is 2.10. The SMILES string of the molecule is COc1ccc(C(C)N[C@@H](C)CO)cc1Cl. The fourth-order valence-electron chi connectivity index (χ4n) is 1.53. The van der Waals surface area contributed by atoms with E-state index in [0.717, 1.165) is 5.56 Å². The molecule has 0 bridgehead atoms. The van der Waals surface area contributed by atoms with Crippen LogP contribution in [0.3, 0.4) is 0 Å². The lowest BCUT2D eigenvalue weighted by Crippen LogP contribution is -2.31. The van der Waals surface area contributed by atoms with Gasteiger partial charge >= 0.3 is 0 Å². The molecule has 0 amide bonds. The van der Waals surface area contributed by atoms with Crippen molar-refractivity contribution >= 4 is 11.6 Å². The van der Waals surface area contributed by atoms with Gasteiger partial charge in [-0.1, -0.05) is 17.7 Å². The standard InChI is InChI=1S/C12H18ClNO2/c1-8(7-15)14-9(2)10-4-5-12(16-3)11(13)6-10/h4-6,8-9,14-15H,7H2,1-3H3/t8-,9?/m0/s1. The maximum atomic E-state index is 8.96. The molecule has 1 unspecified atom stereocenters. The van der Waals surface area contributed by atoms with Gasteiger partial charge in [-0.15, -0.1) is 0 Å². The van der Waals surface area contributed by atoms with E-state index in [1.165, 1.54) is 0 Å². The smallest absolute Gasteiger partial charge is 0.137 e. The van der Waals surface area contributed by atoms with Crippen molar-refractivity contribution in [2.24, 2.45) is 0 Å². The van der Waals surface area contributed by atoms with Crippen LogP contribution >= 0.6 is 11.6 Å². The first-order chi connectivity index (χ1) is 7.58. The van der Waals surface area contributed by atoms with Gasteiger partial charge in [0.05, 0.1) is 18.7 Å². The molecule has 0 saturated heterocycles. The van der Waals surface area contributed by atoms with Gasteiger partial charge in [-0.25, -0.2) is 0 Å². The van der Waals surface area contributed by atoms with Crippen molar-refractivity contribution < 1.29 is 9.84 Å². The number of nitrogens with one attached hydrogen (secondary N) is 1. The van der Waals surface area contributed by atoms with Crippen molar-refractivity contribution in [2.45, 2.75) is 25.9 Å². The average Bonchev–Trinajstić information content (AvgIpc) is 2.28. The summed E-state index contributed by atoms with van der Waals surface area (Å²) < 4.78 is 5.09. The van der Waals surface area contributed by atoms with Crippen molar-refractivity contribution in [2.75, 3.05) is 13.7 Å². The van der Waals surface area contributed by atoms with Crippen molar-refractivity contribution in [3.63, 3.8) is 0 Å². The number of aliphatic hydroxyl groups is 1. The number of halogens is 1. The molecule has 16 heavy (non-hydrogen) atoms. The van der Waals surface area contributed by atoms with Crippen LogP contribution in [0.2, 0.25) is 5.02 Å². The highest BCUT2D eigenvalue weighted by Crippen LogP contribution is 2.27. The zero-order valence-corrected chi connectivity index (χ0v) is 10.6. The first kappa shape index (κ1) is 13.3. The van der Waals surface area contributed by atoms with Gasteiger partial charge in [0.1, 0.15) is 5.75 Å². The Balaban J connectivity index is 2.76. The molecule has 0 heterocycles. The monoisotopic (exact) mass is 243 g/mol. The predicted molar refractivity (Wildman–Crippen MR) is 66.1 cm³/mol. The molecule has 1 aromatic carbocycles. The minimum atomic E-state index is 0.0656. The maximum Gasteiger partial charge on any atom is 0.137 e. The first-order valence-electron chi connectivity index (χ1n) is 5.28. The van der Waals surface area contributed by atoms with Crippen LogP contribution in [0, 0.1) is 0 Å². The van der Waals surface area contributed by atoms with E-state index < -0.39 is 0 Å². The van der Waals surface area contributed by atoms with E-state index in [9.17, 15) is 0 Å². The van der Waals surface area contributed by atoms with Crippen molar-refractivity contribution in [3.8, 4) is 5.75 Å². The van der Waals surface area contributed by atoms with Crippen LogP contribution in [-0.2, 0) is 0 Å². The lowest BCUT2D eigenvalue weighted by molar-refractivity contribution is 0.243. The van der Waals surface area contributed by atoms with Gasteiger partial charge in [-0.05, 0) is 31.5 Å². The van der Waals surface area contributed by atoms with E-state index in [1.54, 1.807) is 7.11 Å². The van der Waals surface area contributed by atoms with Gasteiger partial charge in [-0.3, -0.25) is 0 Å². The molecule has 0 spiro atoms. The lowest BCUT2D eigenvalue weighted by Gasteiger charge is -2.19. The Bertz CT molecular complexity index is 344. The van der Waals surface area contributed by atoms with Crippen LogP contribution < -0.4 is 10.1 Å². The topological polar surface area (TPSA) is 41.5 Å². The summed E-state index contributed by atoms with van der Waals surface area (Å²) >= 11 is 6.04. The van der Waals surface area contributed by atoms with E-state index >= 15 is 0 Å². The summed E-state index contributed by atoms with van der Waals surface area (Å²) in [6.45, 7) is 4.08. The quantitative estimate of drug-likeness (QED) is 0.835. The predicted octanol–water partition coefficient (Wildman–Crippen LogP) is 2.38. The second-order valence-electron chi connectivity index (χ2n) is 3.87. The van der Waals surface area contributed by atoms with Gasteiger partial charge in [0, 0.05) is 12.1 Å². The van der Waals surface area contributed by atoms with E-state index in [0.29, 0.717) is 10.8 Å². The highest BCUT2D eigenvalue weighted by molar-refractivity contribution is 6.32.